The van der Waals surface area contributed by atoms with Crippen LogP contribution in [0.1, 0.15) is 32.6 Å². The number of esters is 1. The highest BCUT2D eigenvalue weighted by atomic mass is 127. The average Bonchev–Trinajstić information content (AvgIpc) is 3.22. The number of ether oxygens (including phenoxy) is 1. The van der Waals surface area contributed by atoms with Crippen molar-refractivity contribution < 1.29 is 14.1 Å². The number of carbonyl (C=O) groups is 1. The van der Waals surface area contributed by atoms with Gasteiger partial charge in [0.15, 0.2) is 5.96 Å². The summed E-state index contributed by atoms with van der Waals surface area (Å²) in [4.78, 5) is 23.3. The molecule has 0 saturated carbocycles. The lowest BCUT2D eigenvalue weighted by Gasteiger charge is -2.33. The first-order chi connectivity index (χ1) is 14.6. The van der Waals surface area contributed by atoms with Crippen molar-refractivity contribution in [1.82, 2.24) is 20.4 Å². The minimum atomic E-state index is -0.0917. The molecule has 1 aromatic carbocycles. The summed E-state index contributed by atoms with van der Waals surface area (Å²) >= 11 is 6.02. The summed E-state index contributed by atoms with van der Waals surface area (Å²) in [6, 6.07) is 7.35. The number of aliphatic imine (C=N–C) groups is 1. The Hall–Kier alpha value is -1.88. The van der Waals surface area contributed by atoms with Crippen LogP contribution in [0.2, 0.25) is 5.02 Å². The highest BCUT2D eigenvalue weighted by Crippen LogP contribution is 2.20. The number of hydrogen-bond acceptors (Lipinski definition) is 6. The minimum absolute atomic E-state index is 0. The maximum atomic E-state index is 11.9. The van der Waals surface area contributed by atoms with Gasteiger partial charge in [-0.3, -0.25) is 9.79 Å². The molecule has 0 amide bonds. The predicted molar refractivity (Wildman–Crippen MR) is 131 cm³/mol. The van der Waals surface area contributed by atoms with Crippen molar-refractivity contribution in [3.8, 4) is 11.4 Å². The van der Waals surface area contributed by atoms with Crippen LogP contribution in [-0.4, -0.2) is 59.8 Å². The minimum Gasteiger partial charge on any atom is -0.466 e. The zero-order chi connectivity index (χ0) is 21.3. The van der Waals surface area contributed by atoms with E-state index < -0.39 is 0 Å². The van der Waals surface area contributed by atoms with E-state index in [9.17, 15) is 4.79 Å². The van der Waals surface area contributed by atoms with E-state index in [1.165, 1.54) is 0 Å². The van der Waals surface area contributed by atoms with Gasteiger partial charge in [-0.15, -0.1) is 24.0 Å². The van der Waals surface area contributed by atoms with Crippen LogP contribution >= 0.6 is 35.6 Å². The molecule has 0 spiro atoms. The Morgan fingerprint density at radius 1 is 1.35 bits per heavy atom. The number of aromatic nitrogens is 2. The quantitative estimate of drug-likeness (QED) is 0.238. The van der Waals surface area contributed by atoms with E-state index in [4.69, 9.17) is 25.9 Å². The fraction of sp³-hybridized carbons (Fsp3) is 0.524. The second kappa shape index (κ2) is 12.8. The molecule has 0 radical (unpaired) electrons. The van der Waals surface area contributed by atoms with E-state index in [1.54, 1.807) is 12.1 Å². The summed E-state index contributed by atoms with van der Waals surface area (Å²) in [5, 5.41) is 7.98. The number of hydrogen-bond donors (Lipinski definition) is 1. The smallest absolute Gasteiger partial charge is 0.309 e. The number of nitrogens with zero attached hydrogens (tertiary/aromatic N) is 4. The molecular weight excluding hydrogens is 533 g/mol. The summed E-state index contributed by atoms with van der Waals surface area (Å²) in [6.07, 6.45) is 2.09. The van der Waals surface area contributed by atoms with Gasteiger partial charge in [0.05, 0.1) is 19.1 Å². The number of guanidine groups is 1. The highest BCUT2D eigenvalue weighted by Gasteiger charge is 2.27. The molecular formula is C21H29ClIN5O3. The zero-order valence-corrected chi connectivity index (χ0v) is 20.9. The molecule has 1 aliphatic rings. The topological polar surface area (TPSA) is 92.9 Å². The standard InChI is InChI=1S/C21H28ClN5O3.HI/c1-3-23-21(27-12-9-15(10-13-27)20(28)29-4-2)24-11-8-18-25-19(26-30-18)16-6-5-7-17(22)14-16;/h5-7,14-15H,3-4,8-13H2,1-2H3,(H,23,24);1H. The third-order valence-corrected chi connectivity index (χ3v) is 5.12. The molecule has 1 aliphatic heterocycles. The normalized spacial score (nSPS) is 14.8. The first kappa shape index (κ1) is 25.4. The van der Waals surface area contributed by atoms with Gasteiger partial charge in [-0.2, -0.15) is 4.98 Å². The van der Waals surface area contributed by atoms with Gasteiger partial charge >= 0.3 is 5.97 Å². The molecule has 31 heavy (non-hydrogen) atoms. The van der Waals surface area contributed by atoms with Gasteiger partial charge in [0.1, 0.15) is 0 Å². The maximum absolute atomic E-state index is 11.9. The fourth-order valence-electron chi connectivity index (χ4n) is 3.37. The molecule has 1 N–H and O–H groups in total. The monoisotopic (exact) mass is 561 g/mol. The van der Waals surface area contributed by atoms with Crippen molar-refractivity contribution >= 4 is 47.5 Å². The highest BCUT2D eigenvalue weighted by molar-refractivity contribution is 14.0. The van der Waals surface area contributed by atoms with Gasteiger partial charge in [-0.25, -0.2) is 0 Å². The Morgan fingerprint density at radius 3 is 2.81 bits per heavy atom. The van der Waals surface area contributed by atoms with Crippen LogP contribution in [0.25, 0.3) is 11.4 Å². The van der Waals surface area contributed by atoms with Crippen LogP contribution in [0.3, 0.4) is 0 Å². The molecule has 0 atom stereocenters. The first-order valence-corrected chi connectivity index (χ1v) is 10.8. The van der Waals surface area contributed by atoms with E-state index in [1.807, 2.05) is 26.0 Å². The Balaban J connectivity index is 0.00000341. The van der Waals surface area contributed by atoms with Crippen molar-refractivity contribution in [3.63, 3.8) is 0 Å². The lowest BCUT2D eigenvalue weighted by atomic mass is 9.97. The number of benzene rings is 1. The molecule has 0 bridgehead atoms. The molecule has 1 saturated heterocycles. The Kier molecular flexibility index (Phi) is 10.5. The number of piperidine rings is 1. The van der Waals surface area contributed by atoms with E-state index in [2.05, 4.69) is 20.4 Å². The third-order valence-electron chi connectivity index (χ3n) is 4.89. The molecule has 10 heteroatoms. The molecule has 3 rings (SSSR count). The summed E-state index contributed by atoms with van der Waals surface area (Å²) < 4.78 is 10.5. The average molecular weight is 562 g/mol. The fourth-order valence-corrected chi connectivity index (χ4v) is 3.56. The molecule has 2 heterocycles. The van der Waals surface area contributed by atoms with Crippen molar-refractivity contribution in [2.45, 2.75) is 33.1 Å². The second-order valence-electron chi connectivity index (χ2n) is 7.02. The summed E-state index contributed by atoms with van der Waals surface area (Å²) in [7, 11) is 0. The maximum Gasteiger partial charge on any atom is 0.309 e. The lowest BCUT2D eigenvalue weighted by Crippen LogP contribution is -2.46. The van der Waals surface area contributed by atoms with E-state index in [-0.39, 0.29) is 35.9 Å². The Labute approximate surface area is 204 Å². The third kappa shape index (κ3) is 7.34. The molecule has 8 nitrogen and oxygen atoms in total. The number of nitrogens with one attached hydrogen (secondary N) is 1. The SMILES string of the molecule is CCNC(=NCCc1nc(-c2cccc(Cl)c2)no1)N1CCC(C(=O)OCC)CC1.I. The van der Waals surface area contributed by atoms with Crippen LogP contribution in [0.4, 0.5) is 0 Å². The summed E-state index contributed by atoms with van der Waals surface area (Å²) in [6.45, 7) is 7.15. The number of rotatable bonds is 7. The van der Waals surface area contributed by atoms with Crippen molar-refractivity contribution in [2.75, 3.05) is 32.8 Å². The summed E-state index contributed by atoms with van der Waals surface area (Å²) in [5.41, 5.74) is 0.818. The predicted octanol–water partition coefficient (Wildman–Crippen LogP) is 3.79. The Morgan fingerprint density at radius 2 is 2.13 bits per heavy atom. The number of carbonyl (C=O) groups excluding carboxylic acids is 1. The van der Waals surface area contributed by atoms with Crippen LogP contribution in [-0.2, 0) is 16.0 Å². The molecule has 1 aromatic heterocycles. The van der Waals surface area contributed by atoms with Crippen LogP contribution in [0.15, 0.2) is 33.8 Å². The second-order valence-corrected chi connectivity index (χ2v) is 7.46. The zero-order valence-electron chi connectivity index (χ0n) is 17.8. The van der Waals surface area contributed by atoms with Gasteiger partial charge < -0.3 is 19.5 Å². The van der Waals surface area contributed by atoms with Crippen LogP contribution < -0.4 is 5.32 Å². The van der Waals surface area contributed by atoms with Gasteiger partial charge in [-0.1, -0.05) is 28.9 Å². The van der Waals surface area contributed by atoms with E-state index in [0.29, 0.717) is 36.3 Å². The number of halogens is 2. The molecule has 1 fully saturated rings. The molecule has 170 valence electrons. The molecule has 0 aliphatic carbocycles. The van der Waals surface area contributed by atoms with Crippen molar-refractivity contribution in [2.24, 2.45) is 10.9 Å². The first-order valence-electron chi connectivity index (χ1n) is 10.4. The van der Waals surface area contributed by atoms with E-state index in [0.717, 1.165) is 44.0 Å². The lowest BCUT2D eigenvalue weighted by molar-refractivity contribution is -0.149. The number of likely N-dealkylation sites (tertiary alicyclic amines) is 1. The largest absolute Gasteiger partial charge is 0.466 e. The molecule has 2 aromatic rings. The van der Waals surface area contributed by atoms with Crippen molar-refractivity contribution in [3.05, 3.63) is 35.2 Å². The van der Waals surface area contributed by atoms with Crippen LogP contribution in [0, 0.1) is 5.92 Å². The van der Waals surface area contributed by atoms with Crippen molar-refractivity contribution in [1.29, 1.82) is 0 Å². The molecule has 0 unspecified atom stereocenters. The van der Waals surface area contributed by atoms with Gasteiger partial charge in [0.25, 0.3) is 0 Å². The Bertz CT molecular complexity index is 868. The van der Waals surface area contributed by atoms with Gasteiger partial charge in [0, 0.05) is 36.6 Å². The van der Waals surface area contributed by atoms with Gasteiger partial charge in [0.2, 0.25) is 11.7 Å². The van der Waals surface area contributed by atoms with E-state index >= 15 is 0 Å². The summed E-state index contributed by atoms with van der Waals surface area (Å²) in [5.74, 6) is 1.78. The van der Waals surface area contributed by atoms with Gasteiger partial charge in [-0.05, 0) is 38.8 Å². The van der Waals surface area contributed by atoms with Crippen LogP contribution in [0.5, 0.6) is 0 Å².